The number of fused-ring (bicyclic) bond motifs is 1. The van der Waals surface area contributed by atoms with Crippen molar-refractivity contribution in [1.29, 1.82) is 10.5 Å². The van der Waals surface area contributed by atoms with Crippen LogP contribution in [0.1, 0.15) is 35.2 Å². The van der Waals surface area contributed by atoms with Crippen LogP contribution in [-0.4, -0.2) is 41.8 Å². The van der Waals surface area contributed by atoms with Gasteiger partial charge < -0.3 is 20.1 Å². The van der Waals surface area contributed by atoms with E-state index < -0.39 is 17.7 Å². The van der Waals surface area contributed by atoms with E-state index in [0.29, 0.717) is 16.2 Å². The number of pyridine rings is 1. The summed E-state index contributed by atoms with van der Waals surface area (Å²) in [5, 5.41) is 20.0. The molecule has 10 heteroatoms. The van der Waals surface area contributed by atoms with Gasteiger partial charge in [-0.15, -0.1) is 0 Å². The normalized spacial score (nSPS) is 17.6. The number of hydrogen-bond acceptors (Lipinski definition) is 9. The second-order valence-electron chi connectivity index (χ2n) is 8.37. The Bertz CT molecular complexity index is 1340. The predicted octanol–water partition coefficient (Wildman–Crippen LogP) is 3.50. The summed E-state index contributed by atoms with van der Waals surface area (Å²) in [6, 6.07) is 11.6. The summed E-state index contributed by atoms with van der Waals surface area (Å²) in [4.78, 5) is 20.0. The van der Waals surface area contributed by atoms with Crippen molar-refractivity contribution >= 4 is 17.7 Å². The number of likely N-dealkylation sites (N-methyl/N-ethyl adjacent to an activating group) is 1. The van der Waals surface area contributed by atoms with Crippen LogP contribution < -0.4 is 5.73 Å². The lowest BCUT2D eigenvalue weighted by atomic mass is 9.83. The lowest BCUT2D eigenvalue weighted by Crippen LogP contribution is -2.28. The minimum absolute atomic E-state index is 0.0344. The molecule has 4 rings (SSSR count). The smallest absolute Gasteiger partial charge is 0.338 e. The van der Waals surface area contributed by atoms with E-state index in [9.17, 15) is 19.7 Å². The summed E-state index contributed by atoms with van der Waals surface area (Å²) in [5.74, 6) is -1.82. The van der Waals surface area contributed by atoms with Crippen molar-refractivity contribution in [2.45, 2.75) is 30.8 Å². The number of hydrogen-bond donors (Lipinski definition) is 1. The van der Waals surface area contributed by atoms with Crippen molar-refractivity contribution < 1.29 is 18.7 Å². The SMILES string of the molecule is CCOC(=O)C1=C(CSc2nc3c(cc2C#N)CN(C)CC3)OC(N)=C(C#N)[C@H]1c1ccc(F)cc1. The van der Waals surface area contributed by atoms with Gasteiger partial charge in [-0.3, -0.25) is 0 Å². The fourth-order valence-electron chi connectivity index (χ4n) is 4.26. The molecule has 0 saturated heterocycles. The largest absolute Gasteiger partial charge is 0.463 e. The maximum Gasteiger partial charge on any atom is 0.338 e. The summed E-state index contributed by atoms with van der Waals surface area (Å²) in [5.41, 5.74) is 9.13. The lowest BCUT2D eigenvalue weighted by molar-refractivity contribution is -0.139. The average molecular weight is 506 g/mol. The van der Waals surface area contributed by atoms with Gasteiger partial charge >= 0.3 is 5.97 Å². The van der Waals surface area contributed by atoms with Crippen LogP contribution in [0.4, 0.5) is 4.39 Å². The lowest BCUT2D eigenvalue weighted by Gasteiger charge is -2.28. The number of benzene rings is 1. The number of ether oxygens (including phenoxy) is 2. The number of nitrogens with zero attached hydrogens (tertiary/aromatic N) is 4. The fourth-order valence-corrected chi connectivity index (χ4v) is 5.18. The summed E-state index contributed by atoms with van der Waals surface area (Å²) < 4.78 is 24.7. The number of aromatic nitrogens is 1. The molecule has 1 aromatic carbocycles. The van der Waals surface area contributed by atoms with Gasteiger partial charge in [0.2, 0.25) is 5.88 Å². The third-order valence-electron chi connectivity index (χ3n) is 5.98. The zero-order valence-corrected chi connectivity index (χ0v) is 20.7. The molecular formula is C26H24FN5O3S. The minimum Gasteiger partial charge on any atom is -0.463 e. The molecule has 0 bridgehead atoms. The Morgan fingerprint density at radius 2 is 2.08 bits per heavy atom. The van der Waals surface area contributed by atoms with E-state index in [2.05, 4.69) is 11.0 Å². The van der Waals surface area contributed by atoms with Crippen LogP contribution in [0.3, 0.4) is 0 Å². The topological polar surface area (TPSA) is 125 Å². The molecule has 2 aliphatic heterocycles. The molecule has 0 radical (unpaired) electrons. The van der Waals surface area contributed by atoms with E-state index in [1.807, 2.05) is 19.2 Å². The van der Waals surface area contributed by atoms with E-state index in [4.69, 9.17) is 20.2 Å². The third-order valence-corrected chi connectivity index (χ3v) is 6.97. The first-order valence-corrected chi connectivity index (χ1v) is 12.3. The van der Waals surface area contributed by atoms with Crippen molar-refractivity contribution in [3.63, 3.8) is 0 Å². The number of carbonyl (C=O) groups is 1. The number of carbonyl (C=O) groups excluding carboxylic acids is 1. The molecule has 1 atom stereocenters. The molecule has 2 N–H and O–H groups in total. The second-order valence-corrected chi connectivity index (χ2v) is 9.33. The number of allylic oxidation sites excluding steroid dienone is 1. The molecule has 0 saturated carbocycles. The Kier molecular flexibility index (Phi) is 7.58. The van der Waals surface area contributed by atoms with Gasteiger partial charge in [-0.05, 0) is 43.3 Å². The first-order chi connectivity index (χ1) is 17.4. The number of esters is 1. The van der Waals surface area contributed by atoms with Gasteiger partial charge in [0.05, 0.1) is 29.4 Å². The molecule has 0 fully saturated rings. The second kappa shape index (κ2) is 10.8. The first kappa shape index (κ1) is 25.2. The molecule has 0 unspecified atom stereocenters. The standard InChI is InChI=1S/C26H24FN5O3S/c1-3-34-26(33)23-21(35-24(30)19(12-29)22(23)15-4-6-18(27)7-5-15)14-36-25-16(11-28)10-17-13-32(2)9-8-20(17)31-25/h4-7,10,22H,3,8-9,13-14,30H2,1-2H3/t22-/m1/s1. The number of halogens is 1. The van der Waals surface area contributed by atoms with Crippen molar-refractivity contribution in [1.82, 2.24) is 9.88 Å². The van der Waals surface area contributed by atoms with Crippen molar-refractivity contribution in [3.05, 3.63) is 81.3 Å². The summed E-state index contributed by atoms with van der Waals surface area (Å²) in [6.07, 6.45) is 0.770. The van der Waals surface area contributed by atoms with Crippen LogP contribution in [0, 0.1) is 28.5 Å². The van der Waals surface area contributed by atoms with Gasteiger partial charge in [0.15, 0.2) is 0 Å². The van der Waals surface area contributed by atoms with Crippen molar-refractivity contribution in [3.8, 4) is 12.1 Å². The van der Waals surface area contributed by atoms with Crippen molar-refractivity contribution in [2.24, 2.45) is 5.73 Å². The van der Waals surface area contributed by atoms with E-state index >= 15 is 0 Å². The van der Waals surface area contributed by atoms with E-state index in [0.717, 1.165) is 30.8 Å². The van der Waals surface area contributed by atoms with Gasteiger partial charge in [-0.2, -0.15) is 10.5 Å². The number of rotatable bonds is 6. The van der Waals surface area contributed by atoms with Crippen LogP contribution in [0.15, 0.2) is 58.1 Å². The summed E-state index contributed by atoms with van der Waals surface area (Å²) >= 11 is 1.24. The van der Waals surface area contributed by atoms with Gasteiger partial charge in [0, 0.05) is 25.2 Å². The fraction of sp³-hybridized carbons (Fsp3) is 0.308. The Morgan fingerprint density at radius 3 is 2.75 bits per heavy atom. The monoisotopic (exact) mass is 505 g/mol. The van der Waals surface area contributed by atoms with Crippen LogP contribution in [0.2, 0.25) is 0 Å². The Balaban J connectivity index is 1.74. The number of nitriles is 2. The molecule has 36 heavy (non-hydrogen) atoms. The highest BCUT2D eigenvalue weighted by Gasteiger charge is 2.37. The Labute approximate surface area is 212 Å². The molecule has 0 amide bonds. The quantitative estimate of drug-likeness (QED) is 0.464. The van der Waals surface area contributed by atoms with Crippen molar-refractivity contribution in [2.75, 3.05) is 26.0 Å². The summed E-state index contributed by atoms with van der Waals surface area (Å²) in [6.45, 7) is 3.38. The predicted molar refractivity (Wildman–Crippen MR) is 130 cm³/mol. The molecule has 2 aliphatic rings. The van der Waals surface area contributed by atoms with Crippen LogP contribution in [0.25, 0.3) is 0 Å². The third kappa shape index (κ3) is 5.06. The average Bonchev–Trinajstić information content (AvgIpc) is 2.87. The van der Waals surface area contributed by atoms with Gasteiger partial charge in [0.1, 0.15) is 34.3 Å². The van der Waals surface area contributed by atoms with E-state index in [1.165, 1.54) is 36.0 Å². The molecule has 0 spiro atoms. The van der Waals surface area contributed by atoms with Gasteiger partial charge in [-0.25, -0.2) is 14.2 Å². The molecule has 8 nitrogen and oxygen atoms in total. The number of thioether (sulfide) groups is 1. The van der Waals surface area contributed by atoms with Gasteiger partial charge in [-0.1, -0.05) is 23.9 Å². The Morgan fingerprint density at radius 1 is 1.33 bits per heavy atom. The molecule has 1 aromatic heterocycles. The van der Waals surface area contributed by atoms with E-state index in [1.54, 1.807) is 6.92 Å². The molecular weight excluding hydrogens is 481 g/mol. The highest BCUT2D eigenvalue weighted by atomic mass is 32.2. The molecule has 2 aromatic rings. The molecule has 0 aliphatic carbocycles. The maximum atomic E-state index is 13.6. The van der Waals surface area contributed by atoms with Crippen LogP contribution in [0.5, 0.6) is 0 Å². The maximum absolute atomic E-state index is 13.6. The van der Waals surface area contributed by atoms with Gasteiger partial charge in [0.25, 0.3) is 0 Å². The summed E-state index contributed by atoms with van der Waals surface area (Å²) in [7, 11) is 2.02. The van der Waals surface area contributed by atoms with E-state index in [-0.39, 0.29) is 35.1 Å². The van der Waals surface area contributed by atoms with Crippen LogP contribution >= 0.6 is 11.8 Å². The first-order valence-electron chi connectivity index (χ1n) is 11.3. The molecule has 184 valence electrons. The molecule has 3 heterocycles. The highest BCUT2D eigenvalue weighted by Crippen LogP contribution is 2.41. The minimum atomic E-state index is -0.888. The number of nitrogens with two attached hydrogens (primary N) is 1. The van der Waals surface area contributed by atoms with Crippen LogP contribution in [-0.2, 0) is 27.2 Å². The zero-order chi connectivity index (χ0) is 25.8. The zero-order valence-electron chi connectivity index (χ0n) is 19.9. The highest BCUT2D eigenvalue weighted by molar-refractivity contribution is 7.99. The Hall–Kier alpha value is -3.86.